The molecule has 0 fully saturated rings. The van der Waals surface area contributed by atoms with Crippen molar-refractivity contribution in [3.8, 4) is 5.75 Å². The lowest BCUT2D eigenvalue weighted by Gasteiger charge is -2.41. The molecule has 12 heteroatoms. The lowest BCUT2D eigenvalue weighted by Crippen LogP contribution is -2.38. The molecule has 1 aromatic carbocycles. The van der Waals surface area contributed by atoms with Crippen LogP contribution in [0.1, 0.15) is 5.56 Å². The van der Waals surface area contributed by atoms with Crippen molar-refractivity contribution >= 4 is 38.5 Å². The van der Waals surface area contributed by atoms with E-state index in [1.54, 1.807) is 0 Å². The van der Waals surface area contributed by atoms with Gasteiger partial charge in [-0.05, 0) is 34.1 Å². The van der Waals surface area contributed by atoms with E-state index in [4.69, 9.17) is 0 Å². The average Bonchev–Trinajstić information content (AvgIpc) is 2.33. The zero-order chi connectivity index (χ0) is 17.9. The van der Waals surface area contributed by atoms with Crippen LogP contribution in [-0.2, 0) is 4.79 Å². The van der Waals surface area contributed by atoms with E-state index in [0.29, 0.717) is 6.08 Å². The van der Waals surface area contributed by atoms with Gasteiger partial charge < -0.3 is 4.74 Å². The second kappa shape index (κ2) is 4.41. The Hall–Kier alpha value is -1.30. The number of aldehydes is 1. The minimum Gasteiger partial charge on any atom is -0.474 e. The molecule has 0 amide bonds. The van der Waals surface area contributed by atoms with E-state index in [1.165, 1.54) is 0 Å². The van der Waals surface area contributed by atoms with Gasteiger partial charge in [0, 0.05) is 11.1 Å². The van der Waals surface area contributed by atoms with E-state index in [9.17, 15) is 37.4 Å². The van der Waals surface area contributed by atoms with E-state index in [0.717, 1.165) is 0 Å². The first-order chi connectivity index (χ1) is 10.0. The third-order valence-corrected chi connectivity index (χ3v) is 4.50. The first kappa shape index (κ1) is 18.0. The predicted octanol–water partition coefficient (Wildman–Crippen LogP) is 6.01. The maximum absolute atomic E-state index is 12.8. The summed E-state index contributed by atoms with van der Waals surface area (Å²) in [5.41, 5.74) is -1.75. The Morgan fingerprint density at radius 3 is 2.13 bits per heavy atom. The van der Waals surface area contributed by atoms with Gasteiger partial charge >= 0.3 is 16.4 Å². The van der Waals surface area contributed by atoms with Gasteiger partial charge in [-0.3, -0.25) is 4.79 Å². The summed E-state index contributed by atoms with van der Waals surface area (Å²) in [5.74, 6) is -0.719. The summed E-state index contributed by atoms with van der Waals surface area (Å²) < 4.78 is 106. The van der Waals surface area contributed by atoms with Crippen LogP contribution in [0.25, 0.3) is 6.08 Å². The maximum Gasteiger partial charge on any atom is 0.429 e. The normalized spacial score (nSPS) is 21.4. The number of halogens is 9. The number of hydrogen-bond acceptors (Lipinski definition) is 2. The molecule has 23 heavy (non-hydrogen) atoms. The molecule has 0 saturated heterocycles. The van der Waals surface area contributed by atoms with Crippen molar-refractivity contribution in [2.24, 2.45) is 0 Å². The molecule has 0 saturated carbocycles. The van der Waals surface area contributed by atoms with Crippen LogP contribution in [0.5, 0.6) is 5.75 Å². The van der Waals surface area contributed by atoms with Gasteiger partial charge in [-0.25, -0.2) is 0 Å². The Kier molecular flexibility index (Phi) is 3.46. The summed E-state index contributed by atoms with van der Waals surface area (Å²) in [6.45, 7) is 0. The van der Waals surface area contributed by atoms with Crippen molar-refractivity contribution < 1.29 is 42.1 Å². The number of carbonyl (C=O) groups is 1. The topological polar surface area (TPSA) is 26.3 Å². The smallest absolute Gasteiger partial charge is 0.429 e. The molecule has 1 unspecified atom stereocenters. The molecule has 0 N–H and O–H groups in total. The fraction of sp³-hybridized carbons (Fsp3) is 0.182. The summed E-state index contributed by atoms with van der Waals surface area (Å²) in [5, 5.41) is 0. The first-order valence-corrected chi connectivity index (χ1v) is 8.25. The van der Waals surface area contributed by atoms with Gasteiger partial charge in [-0.15, -0.1) is 0 Å². The second-order valence-corrected chi connectivity index (χ2v) is 7.86. The SMILES string of the molecule is O=CC1=Cc2cc(S(F)(F)(F)(F)F)cc(Br)c2OC1C(F)(F)F. The van der Waals surface area contributed by atoms with Crippen LogP contribution in [0, 0.1) is 0 Å². The summed E-state index contributed by atoms with van der Waals surface area (Å²) >= 11 is 2.49. The second-order valence-electron chi connectivity index (χ2n) is 4.59. The lowest BCUT2D eigenvalue weighted by molar-refractivity contribution is -0.184. The van der Waals surface area contributed by atoms with Gasteiger partial charge in [0.1, 0.15) is 16.9 Å². The lowest BCUT2D eigenvalue weighted by atomic mass is 10.0. The minimum atomic E-state index is -10.0. The minimum absolute atomic E-state index is 0.0578. The quantitative estimate of drug-likeness (QED) is 0.422. The molecule has 0 bridgehead atoms. The molecular formula is C11H5BrF8O2S. The van der Waals surface area contributed by atoms with E-state index >= 15 is 0 Å². The molecule has 2 rings (SSSR count). The number of fused-ring (bicyclic) bond motifs is 1. The third kappa shape index (κ3) is 3.62. The fourth-order valence-corrected chi connectivity index (χ4v) is 3.25. The average molecular weight is 433 g/mol. The van der Waals surface area contributed by atoms with E-state index in [-0.39, 0.29) is 18.4 Å². The Morgan fingerprint density at radius 1 is 1.13 bits per heavy atom. The fourth-order valence-electron chi connectivity index (χ4n) is 1.84. The van der Waals surface area contributed by atoms with Crippen LogP contribution in [0.2, 0.25) is 0 Å². The van der Waals surface area contributed by atoms with Crippen molar-refractivity contribution in [3.63, 3.8) is 0 Å². The summed E-state index contributed by atoms with van der Waals surface area (Å²) in [6.07, 6.45) is -7.54. The molecule has 0 aliphatic carbocycles. The van der Waals surface area contributed by atoms with Gasteiger partial charge in [0.05, 0.1) is 4.47 Å². The van der Waals surface area contributed by atoms with E-state index in [1.807, 2.05) is 0 Å². The Morgan fingerprint density at radius 2 is 1.70 bits per heavy atom. The van der Waals surface area contributed by atoms with Gasteiger partial charge in [-0.1, -0.05) is 19.4 Å². The molecule has 1 aliphatic heterocycles. The van der Waals surface area contributed by atoms with Crippen LogP contribution in [0.3, 0.4) is 0 Å². The van der Waals surface area contributed by atoms with Gasteiger partial charge in [-0.2, -0.15) is 13.2 Å². The zero-order valence-electron chi connectivity index (χ0n) is 10.5. The molecular weight excluding hydrogens is 428 g/mol. The van der Waals surface area contributed by atoms with E-state index < -0.39 is 48.8 Å². The number of rotatable bonds is 2. The Bertz CT molecular complexity index is 722. The van der Waals surface area contributed by atoms with Gasteiger partial charge in [0.2, 0.25) is 6.10 Å². The zero-order valence-corrected chi connectivity index (χ0v) is 12.9. The standard InChI is InChI=1S/C11H5BrF8O2S/c12-8-3-7(23(16,17,18,19)20)2-5-1-6(4-21)10(11(13,14)15)22-9(5)8/h1-4,10H. The molecule has 1 heterocycles. The van der Waals surface area contributed by atoms with Crippen LogP contribution >= 0.6 is 26.2 Å². The highest BCUT2D eigenvalue weighted by Gasteiger charge is 2.65. The molecule has 2 nitrogen and oxygen atoms in total. The third-order valence-electron chi connectivity index (χ3n) is 2.79. The maximum atomic E-state index is 12.8. The number of hydrogen-bond donors (Lipinski definition) is 0. The number of benzene rings is 1. The largest absolute Gasteiger partial charge is 0.474 e. The van der Waals surface area contributed by atoms with Gasteiger partial charge in [0.15, 0.2) is 0 Å². The molecule has 0 spiro atoms. The van der Waals surface area contributed by atoms with Crippen LogP contribution in [-0.4, -0.2) is 18.6 Å². The molecule has 1 aromatic rings. The number of ether oxygens (including phenoxy) is 1. The number of alkyl halides is 3. The summed E-state index contributed by atoms with van der Waals surface area (Å²) in [4.78, 5) is 8.38. The Labute approximate surface area is 132 Å². The highest BCUT2D eigenvalue weighted by molar-refractivity contribution is 9.10. The van der Waals surface area contributed by atoms with E-state index in [2.05, 4.69) is 20.7 Å². The first-order valence-electron chi connectivity index (χ1n) is 5.51. The number of carbonyl (C=O) groups excluding carboxylic acids is 1. The summed E-state index contributed by atoms with van der Waals surface area (Å²) in [6, 6.07) is -0.120. The van der Waals surface area contributed by atoms with Crippen LogP contribution in [0.4, 0.5) is 32.6 Å². The van der Waals surface area contributed by atoms with Crippen molar-refractivity contribution in [1.29, 1.82) is 0 Å². The van der Waals surface area contributed by atoms with Crippen LogP contribution < -0.4 is 4.74 Å². The molecule has 130 valence electrons. The molecule has 0 radical (unpaired) electrons. The van der Waals surface area contributed by atoms with Gasteiger partial charge in [0.25, 0.3) is 0 Å². The van der Waals surface area contributed by atoms with Crippen molar-refractivity contribution in [2.75, 3.05) is 0 Å². The van der Waals surface area contributed by atoms with Crippen molar-refractivity contribution in [1.82, 2.24) is 0 Å². The van der Waals surface area contributed by atoms with Crippen LogP contribution in [0.15, 0.2) is 27.1 Å². The highest BCUT2D eigenvalue weighted by Crippen LogP contribution is 3.02. The molecule has 1 aliphatic rings. The van der Waals surface area contributed by atoms with Crippen molar-refractivity contribution in [2.45, 2.75) is 17.2 Å². The highest BCUT2D eigenvalue weighted by atomic mass is 79.9. The predicted molar refractivity (Wildman–Crippen MR) is 70.1 cm³/mol. The monoisotopic (exact) mass is 432 g/mol. The van der Waals surface area contributed by atoms with Crippen molar-refractivity contribution in [3.05, 3.63) is 27.7 Å². The summed E-state index contributed by atoms with van der Waals surface area (Å²) in [7, 11) is -10.0. The molecule has 0 aromatic heterocycles. The molecule has 1 atom stereocenters. The Balaban J connectivity index is 2.69.